The Morgan fingerprint density at radius 3 is 2.19 bits per heavy atom. The van der Waals surface area contributed by atoms with Gasteiger partial charge in [0.15, 0.2) is 0 Å². The molecule has 0 aliphatic rings. The van der Waals surface area contributed by atoms with Crippen molar-refractivity contribution in [2.75, 3.05) is 10.6 Å². The van der Waals surface area contributed by atoms with E-state index >= 15 is 0 Å². The summed E-state index contributed by atoms with van der Waals surface area (Å²) in [4.78, 5) is 39.1. The first kappa shape index (κ1) is 18.8. The molecule has 0 aliphatic heterocycles. The molecule has 0 fully saturated rings. The number of aromatic nitrogens is 1. The first-order chi connectivity index (χ1) is 12.5. The summed E-state index contributed by atoms with van der Waals surface area (Å²) >= 11 is 0. The summed E-state index contributed by atoms with van der Waals surface area (Å²) in [5.74, 6) is -0.936. The summed E-state index contributed by atoms with van der Waals surface area (Å²) in [7, 11) is 0. The second-order valence-corrected chi connectivity index (χ2v) is 5.48. The summed E-state index contributed by atoms with van der Waals surface area (Å²) in [5.41, 5.74) is 4.24. The van der Waals surface area contributed by atoms with Crippen LogP contribution < -0.4 is 16.1 Å². The summed E-state index contributed by atoms with van der Waals surface area (Å²) in [6, 6.07) is 9.99. The van der Waals surface area contributed by atoms with Gasteiger partial charge in [0, 0.05) is 30.6 Å². The summed E-state index contributed by atoms with van der Waals surface area (Å²) < 4.78 is 0. The highest BCUT2D eigenvalue weighted by atomic mass is 16.2. The standard InChI is InChI=1S/C18H19N5O3/c1-12(22-23-18(26)14-7-9-19-10-8-14)11-17(25)21-16-6-4-3-5-15(16)20-13(2)24/h3-10H,11H2,1-2H3,(H,20,24)(H,21,25)(H,23,26)/b22-12-. The lowest BCUT2D eigenvalue weighted by atomic mass is 10.2. The van der Waals surface area contributed by atoms with Gasteiger partial charge in [-0.1, -0.05) is 12.1 Å². The first-order valence-corrected chi connectivity index (χ1v) is 7.85. The highest BCUT2D eigenvalue weighted by Gasteiger charge is 2.09. The van der Waals surface area contributed by atoms with Gasteiger partial charge in [-0.05, 0) is 31.2 Å². The highest BCUT2D eigenvalue weighted by molar-refractivity contribution is 6.07. The minimum absolute atomic E-state index is 0.00890. The number of hydrazone groups is 1. The number of hydrogen-bond donors (Lipinski definition) is 3. The molecule has 0 spiro atoms. The van der Waals surface area contributed by atoms with E-state index in [-0.39, 0.29) is 24.1 Å². The lowest BCUT2D eigenvalue weighted by Crippen LogP contribution is -2.22. The van der Waals surface area contributed by atoms with E-state index in [1.165, 1.54) is 19.3 Å². The van der Waals surface area contributed by atoms with Crippen molar-refractivity contribution in [1.82, 2.24) is 10.4 Å². The molecule has 1 aromatic carbocycles. The predicted molar refractivity (Wildman–Crippen MR) is 98.8 cm³/mol. The van der Waals surface area contributed by atoms with Crippen LogP contribution in [0.1, 0.15) is 30.6 Å². The number of amides is 3. The van der Waals surface area contributed by atoms with Crippen LogP contribution in [0.25, 0.3) is 0 Å². The maximum atomic E-state index is 12.1. The molecular formula is C18H19N5O3. The molecule has 3 amide bonds. The zero-order chi connectivity index (χ0) is 18.9. The molecule has 134 valence electrons. The molecular weight excluding hydrogens is 334 g/mol. The van der Waals surface area contributed by atoms with Gasteiger partial charge in [0.05, 0.1) is 17.8 Å². The van der Waals surface area contributed by atoms with Gasteiger partial charge in [0.2, 0.25) is 11.8 Å². The molecule has 0 atom stereocenters. The predicted octanol–water partition coefficient (Wildman–Crippen LogP) is 2.17. The van der Waals surface area contributed by atoms with Crippen molar-refractivity contribution in [3.8, 4) is 0 Å². The fraction of sp³-hybridized carbons (Fsp3) is 0.167. The van der Waals surface area contributed by atoms with E-state index in [9.17, 15) is 14.4 Å². The second-order valence-electron chi connectivity index (χ2n) is 5.48. The molecule has 0 aliphatic carbocycles. The Morgan fingerprint density at radius 1 is 0.962 bits per heavy atom. The Labute approximate surface area is 150 Å². The largest absolute Gasteiger partial charge is 0.325 e. The van der Waals surface area contributed by atoms with Crippen LogP contribution >= 0.6 is 0 Å². The van der Waals surface area contributed by atoms with E-state index in [4.69, 9.17) is 0 Å². The number of rotatable bonds is 6. The lowest BCUT2D eigenvalue weighted by Gasteiger charge is -2.11. The van der Waals surface area contributed by atoms with Crippen LogP contribution in [0.15, 0.2) is 53.9 Å². The smallest absolute Gasteiger partial charge is 0.271 e. The Morgan fingerprint density at radius 2 is 1.58 bits per heavy atom. The zero-order valence-corrected chi connectivity index (χ0v) is 14.4. The van der Waals surface area contributed by atoms with Gasteiger partial charge >= 0.3 is 0 Å². The summed E-state index contributed by atoms with van der Waals surface area (Å²) in [6.07, 6.45) is 3.00. The number of para-hydroxylation sites is 2. The van der Waals surface area contributed by atoms with Crippen molar-refractivity contribution in [2.45, 2.75) is 20.3 Å². The van der Waals surface area contributed by atoms with Gasteiger partial charge in [-0.3, -0.25) is 19.4 Å². The SMILES string of the molecule is CC(=O)Nc1ccccc1NC(=O)C/C(C)=N\NC(=O)c1ccncc1. The minimum Gasteiger partial charge on any atom is -0.325 e. The van der Waals surface area contributed by atoms with Crippen LogP contribution in [0, 0.1) is 0 Å². The molecule has 2 rings (SSSR count). The van der Waals surface area contributed by atoms with Gasteiger partial charge in [-0.15, -0.1) is 0 Å². The van der Waals surface area contributed by atoms with E-state index in [0.717, 1.165) is 0 Å². The molecule has 1 aromatic heterocycles. The van der Waals surface area contributed by atoms with Crippen molar-refractivity contribution < 1.29 is 14.4 Å². The summed E-state index contributed by atoms with van der Waals surface area (Å²) in [6.45, 7) is 3.02. The van der Waals surface area contributed by atoms with Crippen LogP contribution in [0.2, 0.25) is 0 Å². The van der Waals surface area contributed by atoms with Gasteiger partial charge in [-0.2, -0.15) is 5.10 Å². The second kappa shape index (κ2) is 9.07. The van der Waals surface area contributed by atoms with E-state index in [0.29, 0.717) is 22.6 Å². The average molecular weight is 353 g/mol. The van der Waals surface area contributed by atoms with E-state index in [1.807, 2.05) is 0 Å². The fourth-order valence-electron chi connectivity index (χ4n) is 2.07. The average Bonchev–Trinajstić information content (AvgIpc) is 2.61. The lowest BCUT2D eigenvalue weighted by molar-refractivity contribution is -0.115. The van der Waals surface area contributed by atoms with Crippen LogP contribution in [0.5, 0.6) is 0 Å². The quantitative estimate of drug-likeness (QED) is 0.546. The number of carbonyl (C=O) groups excluding carboxylic acids is 3. The van der Waals surface area contributed by atoms with Crippen molar-refractivity contribution in [3.63, 3.8) is 0 Å². The maximum Gasteiger partial charge on any atom is 0.271 e. The van der Waals surface area contributed by atoms with Gasteiger partial charge in [0.1, 0.15) is 0 Å². The molecule has 0 saturated carbocycles. The Bertz CT molecular complexity index is 834. The Kier molecular flexibility index (Phi) is 6.55. The maximum absolute atomic E-state index is 12.1. The van der Waals surface area contributed by atoms with Crippen molar-refractivity contribution in [3.05, 3.63) is 54.4 Å². The van der Waals surface area contributed by atoms with Crippen LogP contribution in [0.4, 0.5) is 11.4 Å². The molecule has 8 nitrogen and oxygen atoms in total. The monoisotopic (exact) mass is 353 g/mol. The van der Waals surface area contributed by atoms with E-state index < -0.39 is 0 Å². The highest BCUT2D eigenvalue weighted by Crippen LogP contribution is 2.21. The third kappa shape index (κ3) is 5.82. The molecule has 0 bridgehead atoms. The number of carbonyl (C=O) groups is 3. The topological polar surface area (TPSA) is 113 Å². The molecule has 3 N–H and O–H groups in total. The third-order valence-corrected chi connectivity index (χ3v) is 3.22. The van der Waals surface area contributed by atoms with E-state index in [2.05, 4.69) is 26.1 Å². The zero-order valence-electron chi connectivity index (χ0n) is 14.4. The molecule has 26 heavy (non-hydrogen) atoms. The first-order valence-electron chi connectivity index (χ1n) is 7.85. The van der Waals surface area contributed by atoms with Crippen LogP contribution in [-0.2, 0) is 9.59 Å². The molecule has 0 unspecified atom stereocenters. The van der Waals surface area contributed by atoms with Crippen LogP contribution in [-0.4, -0.2) is 28.4 Å². The number of nitrogens with one attached hydrogen (secondary N) is 3. The number of hydrogen-bond acceptors (Lipinski definition) is 5. The van der Waals surface area contributed by atoms with Gasteiger partial charge in [-0.25, -0.2) is 5.43 Å². The van der Waals surface area contributed by atoms with Crippen molar-refractivity contribution in [1.29, 1.82) is 0 Å². The Hall–Kier alpha value is -3.55. The fourth-order valence-corrected chi connectivity index (χ4v) is 2.07. The van der Waals surface area contributed by atoms with Gasteiger partial charge < -0.3 is 10.6 Å². The number of nitrogens with zero attached hydrogens (tertiary/aromatic N) is 2. The van der Waals surface area contributed by atoms with Crippen molar-refractivity contribution in [2.24, 2.45) is 5.10 Å². The molecule has 0 radical (unpaired) electrons. The minimum atomic E-state index is -0.386. The summed E-state index contributed by atoms with van der Waals surface area (Å²) in [5, 5.41) is 9.27. The third-order valence-electron chi connectivity index (χ3n) is 3.22. The molecule has 2 aromatic rings. The van der Waals surface area contributed by atoms with Gasteiger partial charge in [0.25, 0.3) is 5.91 Å². The normalized spacial score (nSPS) is 10.8. The number of benzene rings is 1. The molecule has 0 saturated heterocycles. The number of pyridine rings is 1. The molecule has 8 heteroatoms. The number of anilines is 2. The van der Waals surface area contributed by atoms with E-state index in [1.54, 1.807) is 43.3 Å². The molecule has 1 heterocycles. The Balaban J connectivity index is 1.93. The van der Waals surface area contributed by atoms with Crippen LogP contribution in [0.3, 0.4) is 0 Å². The van der Waals surface area contributed by atoms with Crippen molar-refractivity contribution >= 4 is 34.8 Å².